The van der Waals surface area contributed by atoms with Crippen molar-refractivity contribution in [2.75, 3.05) is 6.61 Å². The Morgan fingerprint density at radius 2 is 2.31 bits per heavy atom. The molecule has 0 aliphatic carbocycles. The second-order valence-electron chi connectivity index (χ2n) is 3.65. The van der Waals surface area contributed by atoms with Gasteiger partial charge in [-0.3, -0.25) is 14.3 Å². The Balaban J connectivity index is 2.31. The Labute approximate surface area is 89.9 Å². The fourth-order valence-electron chi connectivity index (χ4n) is 1.73. The summed E-state index contributed by atoms with van der Waals surface area (Å²) in [6.45, 7) is -0.217. The second kappa shape index (κ2) is 4.20. The number of rotatable bonds is 2. The van der Waals surface area contributed by atoms with E-state index in [0.717, 1.165) is 4.57 Å². The molecule has 0 aromatic carbocycles. The van der Waals surface area contributed by atoms with E-state index in [1.807, 2.05) is 0 Å². The van der Waals surface area contributed by atoms with Crippen LogP contribution >= 0.6 is 0 Å². The topological polar surface area (TPSA) is 105 Å². The SMILES string of the molecule is O=c1ccn([C@@H]2OC(CO)C[C@H]2O)c(=O)[nH]1. The van der Waals surface area contributed by atoms with Gasteiger partial charge in [-0.15, -0.1) is 0 Å². The number of hydrogen-bond acceptors (Lipinski definition) is 5. The average Bonchev–Trinajstić information content (AvgIpc) is 2.60. The summed E-state index contributed by atoms with van der Waals surface area (Å²) in [5, 5.41) is 18.5. The lowest BCUT2D eigenvalue weighted by molar-refractivity contribution is -0.0530. The summed E-state index contributed by atoms with van der Waals surface area (Å²) in [6, 6.07) is 1.17. The molecule has 2 rings (SSSR count). The molecular weight excluding hydrogens is 216 g/mol. The van der Waals surface area contributed by atoms with E-state index in [2.05, 4.69) is 4.98 Å². The van der Waals surface area contributed by atoms with E-state index in [1.165, 1.54) is 12.3 Å². The van der Waals surface area contributed by atoms with Gasteiger partial charge in [0.05, 0.1) is 12.7 Å². The van der Waals surface area contributed by atoms with Gasteiger partial charge in [-0.1, -0.05) is 0 Å². The third-order valence-corrected chi connectivity index (χ3v) is 2.49. The van der Waals surface area contributed by atoms with E-state index in [1.54, 1.807) is 0 Å². The van der Waals surface area contributed by atoms with Gasteiger partial charge in [0.1, 0.15) is 6.10 Å². The van der Waals surface area contributed by atoms with E-state index < -0.39 is 29.7 Å². The highest BCUT2D eigenvalue weighted by atomic mass is 16.5. The van der Waals surface area contributed by atoms with Gasteiger partial charge in [0.25, 0.3) is 5.56 Å². The van der Waals surface area contributed by atoms with Crippen LogP contribution in [-0.4, -0.2) is 38.6 Å². The lowest BCUT2D eigenvalue weighted by atomic mass is 10.2. The number of H-pyrrole nitrogens is 1. The molecule has 0 bridgehead atoms. The molecular formula is C9H12N2O5. The monoisotopic (exact) mass is 228 g/mol. The number of nitrogens with zero attached hydrogens (tertiary/aromatic N) is 1. The predicted octanol–water partition coefficient (Wildman–Crippen LogP) is -1.82. The quantitative estimate of drug-likeness (QED) is 0.552. The van der Waals surface area contributed by atoms with E-state index in [-0.39, 0.29) is 13.0 Å². The normalized spacial score (nSPS) is 29.5. The standard InChI is InChI=1S/C9H12N2O5/c12-4-5-3-6(13)8(16-5)11-2-1-7(14)10-9(11)15/h1-2,5-6,8,12-13H,3-4H2,(H,10,14,15)/t5?,6-,8-/m1/s1. The van der Waals surface area contributed by atoms with Crippen molar-refractivity contribution in [3.05, 3.63) is 33.1 Å². The fraction of sp³-hybridized carbons (Fsp3) is 0.556. The lowest BCUT2D eigenvalue weighted by Gasteiger charge is -2.16. The van der Waals surface area contributed by atoms with Crippen LogP contribution in [0.1, 0.15) is 12.6 Å². The molecule has 1 aromatic rings. The van der Waals surface area contributed by atoms with Crippen LogP contribution in [0.25, 0.3) is 0 Å². The predicted molar refractivity (Wildman–Crippen MR) is 52.9 cm³/mol. The maximum absolute atomic E-state index is 11.4. The minimum absolute atomic E-state index is 0.217. The van der Waals surface area contributed by atoms with Gasteiger partial charge < -0.3 is 14.9 Å². The summed E-state index contributed by atoms with van der Waals surface area (Å²) in [6.07, 6.45) is -0.706. The van der Waals surface area contributed by atoms with Crippen LogP contribution < -0.4 is 11.2 Å². The van der Waals surface area contributed by atoms with Crippen LogP contribution in [0.15, 0.2) is 21.9 Å². The van der Waals surface area contributed by atoms with Crippen molar-refractivity contribution in [2.45, 2.75) is 24.9 Å². The number of aromatic nitrogens is 2. The molecule has 1 aliphatic rings. The number of hydrogen-bond donors (Lipinski definition) is 3. The summed E-state index contributed by atoms with van der Waals surface area (Å²) in [4.78, 5) is 24.3. The first-order valence-corrected chi connectivity index (χ1v) is 4.87. The molecule has 0 amide bonds. The smallest absolute Gasteiger partial charge is 0.330 e. The molecule has 88 valence electrons. The molecule has 0 radical (unpaired) electrons. The van der Waals surface area contributed by atoms with Crippen molar-refractivity contribution < 1.29 is 14.9 Å². The van der Waals surface area contributed by atoms with Crippen LogP contribution in [0.5, 0.6) is 0 Å². The summed E-state index contributed by atoms with van der Waals surface area (Å²) < 4.78 is 6.37. The molecule has 2 heterocycles. The van der Waals surface area contributed by atoms with Crippen molar-refractivity contribution >= 4 is 0 Å². The largest absolute Gasteiger partial charge is 0.394 e. The molecule has 7 heteroatoms. The highest BCUT2D eigenvalue weighted by Crippen LogP contribution is 2.26. The third-order valence-electron chi connectivity index (χ3n) is 2.49. The second-order valence-corrected chi connectivity index (χ2v) is 3.65. The van der Waals surface area contributed by atoms with Crippen molar-refractivity contribution in [1.29, 1.82) is 0 Å². The molecule has 3 atom stereocenters. The van der Waals surface area contributed by atoms with Gasteiger partial charge >= 0.3 is 5.69 Å². The Hall–Kier alpha value is -1.44. The minimum atomic E-state index is -0.874. The van der Waals surface area contributed by atoms with Gasteiger partial charge in [0.2, 0.25) is 0 Å². The Kier molecular flexibility index (Phi) is 2.90. The maximum atomic E-state index is 11.4. The first kappa shape index (κ1) is 11.1. The number of nitrogens with one attached hydrogen (secondary N) is 1. The Morgan fingerprint density at radius 1 is 1.56 bits per heavy atom. The minimum Gasteiger partial charge on any atom is -0.394 e. The van der Waals surface area contributed by atoms with Gasteiger partial charge in [0, 0.05) is 18.7 Å². The number of aliphatic hydroxyl groups excluding tert-OH is 2. The van der Waals surface area contributed by atoms with Gasteiger partial charge in [-0.2, -0.15) is 0 Å². The zero-order chi connectivity index (χ0) is 11.7. The molecule has 0 saturated carbocycles. The fourth-order valence-corrected chi connectivity index (χ4v) is 1.73. The van der Waals surface area contributed by atoms with E-state index in [9.17, 15) is 14.7 Å². The van der Waals surface area contributed by atoms with Crippen molar-refractivity contribution in [3.63, 3.8) is 0 Å². The van der Waals surface area contributed by atoms with E-state index in [0.29, 0.717) is 0 Å². The van der Waals surface area contributed by atoms with Crippen molar-refractivity contribution in [1.82, 2.24) is 9.55 Å². The number of aromatic amines is 1. The van der Waals surface area contributed by atoms with Crippen LogP contribution in [0, 0.1) is 0 Å². The first-order chi connectivity index (χ1) is 7.61. The summed E-state index contributed by atoms with van der Waals surface area (Å²) in [5.74, 6) is 0. The van der Waals surface area contributed by atoms with Crippen LogP contribution in [0.2, 0.25) is 0 Å². The first-order valence-electron chi connectivity index (χ1n) is 4.87. The zero-order valence-corrected chi connectivity index (χ0v) is 8.37. The molecule has 0 spiro atoms. The molecule has 1 saturated heterocycles. The molecule has 1 fully saturated rings. The van der Waals surface area contributed by atoms with E-state index in [4.69, 9.17) is 9.84 Å². The highest BCUT2D eigenvalue weighted by Gasteiger charge is 2.35. The third kappa shape index (κ3) is 1.92. The zero-order valence-electron chi connectivity index (χ0n) is 8.37. The van der Waals surface area contributed by atoms with Crippen LogP contribution in [0.4, 0.5) is 0 Å². The van der Waals surface area contributed by atoms with Gasteiger partial charge in [-0.05, 0) is 0 Å². The van der Waals surface area contributed by atoms with Gasteiger partial charge in [-0.25, -0.2) is 4.79 Å². The summed E-state index contributed by atoms with van der Waals surface area (Å²) in [5.41, 5.74) is -1.15. The summed E-state index contributed by atoms with van der Waals surface area (Å²) in [7, 11) is 0. The summed E-state index contributed by atoms with van der Waals surface area (Å²) >= 11 is 0. The average molecular weight is 228 g/mol. The van der Waals surface area contributed by atoms with Crippen LogP contribution in [0.3, 0.4) is 0 Å². The highest BCUT2D eigenvalue weighted by molar-refractivity contribution is 4.88. The molecule has 3 N–H and O–H groups in total. The molecule has 16 heavy (non-hydrogen) atoms. The van der Waals surface area contributed by atoms with Crippen molar-refractivity contribution in [3.8, 4) is 0 Å². The molecule has 1 aromatic heterocycles. The molecule has 7 nitrogen and oxygen atoms in total. The number of aliphatic hydroxyl groups is 2. The molecule has 1 aliphatic heterocycles. The van der Waals surface area contributed by atoms with Crippen LogP contribution in [-0.2, 0) is 4.74 Å². The van der Waals surface area contributed by atoms with Gasteiger partial charge in [0.15, 0.2) is 6.23 Å². The maximum Gasteiger partial charge on any atom is 0.330 e. The Bertz CT molecular complexity index is 479. The Morgan fingerprint density at radius 3 is 2.88 bits per heavy atom. The molecule has 1 unspecified atom stereocenters. The van der Waals surface area contributed by atoms with Crippen molar-refractivity contribution in [2.24, 2.45) is 0 Å². The van der Waals surface area contributed by atoms with E-state index >= 15 is 0 Å². The number of ether oxygens (including phenoxy) is 1. The lowest BCUT2D eigenvalue weighted by Crippen LogP contribution is -2.34.